The SMILES string of the molecule is Fc1ccc(Cc2cc(Nc3ccc(F)c(C(F)(F)F)c3)ncn2)cc1C(F)(F)F. The largest absolute Gasteiger partial charge is 0.419 e. The van der Waals surface area contributed by atoms with Gasteiger partial charge in [-0.1, -0.05) is 6.07 Å². The lowest BCUT2D eigenvalue weighted by Crippen LogP contribution is -2.09. The van der Waals surface area contributed by atoms with Crippen molar-refractivity contribution in [2.24, 2.45) is 0 Å². The Kier molecular flexibility index (Phi) is 5.64. The molecule has 0 atom stereocenters. The molecule has 0 spiro atoms. The number of anilines is 2. The van der Waals surface area contributed by atoms with Crippen molar-refractivity contribution in [1.29, 1.82) is 0 Å². The molecule has 3 aromatic rings. The van der Waals surface area contributed by atoms with Gasteiger partial charge in [-0.2, -0.15) is 26.3 Å². The van der Waals surface area contributed by atoms with Gasteiger partial charge in [0.05, 0.1) is 16.8 Å². The van der Waals surface area contributed by atoms with Crippen LogP contribution in [0.3, 0.4) is 0 Å². The van der Waals surface area contributed by atoms with E-state index in [1.807, 2.05) is 0 Å². The average molecular weight is 433 g/mol. The van der Waals surface area contributed by atoms with Crippen molar-refractivity contribution in [1.82, 2.24) is 9.97 Å². The summed E-state index contributed by atoms with van der Waals surface area (Å²) in [6, 6.07) is 6.08. The van der Waals surface area contributed by atoms with Gasteiger partial charge in [-0.3, -0.25) is 0 Å². The van der Waals surface area contributed by atoms with E-state index in [-0.39, 0.29) is 29.2 Å². The summed E-state index contributed by atoms with van der Waals surface area (Å²) in [7, 11) is 0. The minimum atomic E-state index is -4.89. The molecule has 0 aliphatic rings. The lowest BCUT2D eigenvalue weighted by Gasteiger charge is -2.12. The van der Waals surface area contributed by atoms with Crippen LogP contribution in [0.15, 0.2) is 48.8 Å². The average Bonchev–Trinajstić information content (AvgIpc) is 2.63. The van der Waals surface area contributed by atoms with Crippen LogP contribution in [-0.4, -0.2) is 9.97 Å². The number of nitrogens with zero attached hydrogens (tertiary/aromatic N) is 2. The quantitative estimate of drug-likeness (QED) is 0.504. The predicted molar refractivity (Wildman–Crippen MR) is 90.9 cm³/mol. The first-order chi connectivity index (χ1) is 13.9. The summed E-state index contributed by atoms with van der Waals surface area (Å²) in [4.78, 5) is 7.72. The Morgan fingerprint density at radius 3 is 1.97 bits per heavy atom. The molecule has 0 saturated heterocycles. The van der Waals surface area contributed by atoms with Crippen molar-refractivity contribution in [3.8, 4) is 0 Å². The third kappa shape index (κ3) is 5.02. The molecule has 30 heavy (non-hydrogen) atoms. The number of hydrogen-bond donors (Lipinski definition) is 1. The van der Waals surface area contributed by atoms with E-state index in [0.29, 0.717) is 24.3 Å². The Balaban J connectivity index is 1.83. The fraction of sp³-hybridized carbons (Fsp3) is 0.158. The van der Waals surface area contributed by atoms with Crippen LogP contribution in [0.1, 0.15) is 22.4 Å². The minimum Gasteiger partial charge on any atom is -0.340 e. The molecule has 0 fully saturated rings. The fourth-order valence-corrected chi connectivity index (χ4v) is 2.64. The third-order valence-electron chi connectivity index (χ3n) is 3.99. The Bertz CT molecular complexity index is 980. The zero-order chi connectivity index (χ0) is 22.1. The second kappa shape index (κ2) is 7.88. The van der Waals surface area contributed by atoms with E-state index in [9.17, 15) is 35.1 Å². The van der Waals surface area contributed by atoms with E-state index < -0.39 is 35.1 Å². The van der Waals surface area contributed by atoms with Crippen LogP contribution in [0.5, 0.6) is 0 Å². The summed E-state index contributed by atoms with van der Waals surface area (Å²) in [6.45, 7) is 0. The van der Waals surface area contributed by atoms with Gasteiger partial charge in [0.25, 0.3) is 0 Å². The van der Waals surface area contributed by atoms with E-state index in [1.54, 1.807) is 0 Å². The molecule has 0 amide bonds. The summed E-state index contributed by atoms with van der Waals surface area (Å²) in [5.74, 6) is -2.81. The van der Waals surface area contributed by atoms with E-state index in [4.69, 9.17) is 0 Å². The monoisotopic (exact) mass is 433 g/mol. The second-order valence-corrected chi connectivity index (χ2v) is 6.20. The molecule has 3 nitrogen and oxygen atoms in total. The molecular formula is C19H11F8N3. The maximum Gasteiger partial charge on any atom is 0.419 e. The zero-order valence-electron chi connectivity index (χ0n) is 14.7. The lowest BCUT2D eigenvalue weighted by molar-refractivity contribution is -0.140. The van der Waals surface area contributed by atoms with Gasteiger partial charge in [-0.25, -0.2) is 18.7 Å². The molecule has 0 saturated carbocycles. The van der Waals surface area contributed by atoms with Gasteiger partial charge in [-0.15, -0.1) is 0 Å². The van der Waals surface area contributed by atoms with Crippen LogP contribution >= 0.6 is 0 Å². The number of rotatable bonds is 4. The van der Waals surface area contributed by atoms with Crippen LogP contribution < -0.4 is 5.32 Å². The van der Waals surface area contributed by atoms with Gasteiger partial charge in [0, 0.05) is 18.2 Å². The first kappa shape index (κ1) is 21.5. The molecule has 0 unspecified atom stereocenters. The highest BCUT2D eigenvalue weighted by Gasteiger charge is 2.35. The Labute approximate surface area is 164 Å². The topological polar surface area (TPSA) is 37.8 Å². The number of benzene rings is 2. The van der Waals surface area contributed by atoms with Crippen LogP contribution in [0.25, 0.3) is 0 Å². The summed E-state index contributed by atoms with van der Waals surface area (Å²) < 4.78 is 104. The highest BCUT2D eigenvalue weighted by atomic mass is 19.4. The van der Waals surface area contributed by atoms with E-state index in [0.717, 1.165) is 18.5 Å². The molecule has 1 heterocycles. The van der Waals surface area contributed by atoms with Gasteiger partial charge < -0.3 is 5.32 Å². The maximum atomic E-state index is 13.4. The summed E-state index contributed by atoms with van der Waals surface area (Å²) >= 11 is 0. The highest BCUT2D eigenvalue weighted by Crippen LogP contribution is 2.34. The number of halogens is 8. The number of aromatic nitrogens is 2. The molecule has 0 aliphatic carbocycles. The van der Waals surface area contributed by atoms with Crippen LogP contribution in [-0.2, 0) is 18.8 Å². The fourth-order valence-electron chi connectivity index (χ4n) is 2.64. The van der Waals surface area contributed by atoms with Crippen LogP contribution in [0, 0.1) is 11.6 Å². The molecular weight excluding hydrogens is 422 g/mol. The van der Waals surface area contributed by atoms with Gasteiger partial charge >= 0.3 is 12.4 Å². The van der Waals surface area contributed by atoms with Crippen molar-refractivity contribution in [2.45, 2.75) is 18.8 Å². The van der Waals surface area contributed by atoms with Gasteiger partial charge in [0.15, 0.2) is 0 Å². The molecule has 0 radical (unpaired) electrons. The van der Waals surface area contributed by atoms with Gasteiger partial charge in [-0.05, 0) is 35.9 Å². The molecule has 1 N–H and O–H groups in total. The van der Waals surface area contributed by atoms with Crippen LogP contribution in [0.4, 0.5) is 46.6 Å². The molecule has 0 bridgehead atoms. The van der Waals surface area contributed by atoms with Crippen LogP contribution in [0.2, 0.25) is 0 Å². The lowest BCUT2D eigenvalue weighted by atomic mass is 10.1. The normalized spacial score (nSPS) is 12.1. The smallest absolute Gasteiger partial charge is 0.340 e. The van der Waals surface area contributed by atoms with E-state index in [2.05, 4.69) is 15.3 Å². The highest BCUT2D eigenvalue weighted by molar-refractivity contribution is 5.57. The molecule has 2 aromatic carbocycles. The first-order valence-electron chi connectivity index (χ1n) is 8.24. The molecule has 158 valence electrons. The van der Waals surface area contributed by atoms with Gasteiger partial charge in [0.1, 0.15) is 23.8 Å². The van der Waals surface area contributed by atoms with E-state index in [1.165, 1.54) is 6.07 Å². The van der Waals surface area contributed by atoms with Crippen molar-refractivity contribution in [3.05, 3.63) is 82.8 Å². The van der Waals surface area contributed by atoms with Crippen molar-refractivity contribution < 1.29 is 35.1 Å². The minimum absolute atomic E-state index is 0.0397. The number of hydrogen-bond acceptors (Lipinski definition) is 3. The van der Waals surface area contributed by atoms with Crippen molar-refractivity contribution in [3.63, 3.8) is 0 Å². The Morgan fingerprint density at radius 2 is 1.33 bits per heavy atom. The van der Waals surface area contributed by atoms with Gasteiger partial charge in [0.2, 0.25) is 0 Å². The second-order valence-electron chi connectivity index (χ2n) is 6.20. The van der Waals surface area contributed by atoms with E-state index >= 15 is 0 Å². The molecule has 1 aromatic heterocycles. The summed E-state index contributed by atoms with van der Waals surface area (Å²) in [6.07, 6.45) is -8.81. The maximum absolute atomic E-state index is 13.4. The molecule has 3 rings (SSSR count). The Morgan fingerprint density at radius 1 is 0.733 bits per heavy atom. The summed E-state index contributed by atoms with van der Waals surface area (Å²) in [5.41, 5.74) is -2.64. The van der Waals surface area contributed by atoms with Crippen molar-refractivity contribution >= 4 is 11.5 Å². The third-order valence-corrected chi connectivity index (χ3v) is 3.99. The van der Waals surface area contributed by atoms with Crippen molar-refractivity contribution in [2.75, 3.05) is 5.32 Å². The molecule has 11 heteroatoms. The summed E-state index contributed by atoms with van der Waals surface area (Å²) in [5, 5.41) is 2.56. The predicted octanol–water partition coefficient (Wildman–Crippen LogP) is 6.13. The Hall–Kier alpha value is -3.24. The first-order valence-corrected chi connectivity index (χ1v) is 8.24. The number of alkyl halides is 6. The molecule has 0 aliphatic heterocycles. The standard InChI is InChI=1S/C19H11F8N3/c20-15-3-1-10(6-13(15)18(22,23)24)5-12-8-17(29-9-28-12)30-11-2-4-16(21)14(7-11)19(25,26)27/h1-4,6-9H,5H2,(H,28,29,30). The zero-order valence-corrected chi connectivity index (χ0v) is 14.7. The number of nitrogens with one attached hydrogen (secondary N) is 1.